The van der Waals surface area contributed by atoms with Crippen LogP contribution in [0.1, 0.15) is 6.42 Å². The molecule has 1 fully saturated rings. The molecule has 4 heteroatoms. The number of aliphatic hydroxyl groups excluding tert-OH is 1. The number of rotatable bonds is 6. The lowest BCUT2D eigenvalue weighted by molar-refractivity contribution is 0.0696. The average Bonchev–Trinajstić information content (AvgIpc) is 2.85. The number of hydrogen-bond donors (Lipinski definition) is 1. The van der Waals surface area contributed by atoms with Crippen LogP contribution in [0.15, 0.2) is 54.6 Å². The first-order chi connectivity index (χ1) is 12.2. The highest BCUT2D eigenvalue weighted by Crippen LogP contribution is 2.22. The molecule has 1 aliphatic rings. The molecule has 0 aromatic heterocycles. The van der Waals surface area contributed by atoms with Gasteiger partial charge in [0.2, 0.25) is 0 Å². The average molecular weight is 340 g/mol. The number of β-amino-alcohol motifs (C(OH)–C–C–N with tert-alkyl or cyclic N) is 1. The molecule has 1 N–H and O–H groups in total. The second kappa shape index (κ2) is 8.99. The van der Waals surface area contributed by atoms with Crippen LogP contribution in [0.25, 0.3) is 11.1 Å². The van der Waals surface area contributed by atoms with Crippen LogP contribution >= 0.6 is 0 Å². The van der Waals surface area contributed by atoms with Gasteiger partial charge in [-0.2, -0.15) is 0 Å². The number of ether oxygens (including phenoxy) is 1. The number of likely N-dealkylation sites (N-methyl/N-ethyl adjacent to an activating group) is 1. The predicted molar refractivity (Wildman–Crippen MR) is 102 cm³/mol. The molecule has 1 atom stereocenters. The van der Waals surface area contributed by atoms with Crippen LogP contribution in [0.3, 0.4) is 0 Å². The Hall–Kier alpha value is -1.88. The molecule has 134 valence electrons. The summed E-state index contributed by atoms with van der Waals surface area (Å²) < 4.78 is 5.77. The highest BCUT2D eigenvalue weighted by molar-refractivity contribution is 5.63. The Balaban J connectivity index is 1.46. The third kappa shape index (κ3) is 5.56. The molecular formula is C21H28N2O2. The molecule has 1 heterocycles. The summed E-state index contributed by atoms with van der Waals surface area (Å²) in [7, 11) is 2.15. The monoisotopic (exact) mass is 340 g/mol. The minimum atomic E-state index is -0.461. The lowest BCUT2D eigenvalue weighted by Crippen LogP contribution is -2.37. The molecule has 0 saturated carbocycles. The van der Waals surface area contributed by atoms with Crippen molar-refractivity contribution in [3.8, 4) is 16.9 Å². The molecular weight excluding hydrogens is 312 g/mol. The van der Waals surface area contributed by atoms with E-state index in [0.717, 1.165) is 38.3 Å². The van der Waals surface area contributed by atoms with Crippen LogP contribution in [0.4, 0.5) is 0 Å². The summed E-state index contributed by atoms with van der Waals surface area (Å²) in [6, 6.07) is 18.3. The lowest BCUT2D eigenvalue weighted by Gasteiger charge is -2.23. The number of hydrogen-bond acceptors (Lipinski definition) is 4. The van der Waals surface area contributed by atoms with Crippen molar-refractivity contribution >= 4 is 0 Å². The molecule has 0 aliphatic carbocycles. The Bertz CT molecular complexity index is 630. The van der Waals surface area contributed by atoms with Crippen molar-refractivity contribution in [2.24, 2.45) is 0 Å². The molecule has 3 rings (SSSR count). The lowest BCUT2D eigenvalue weighted by atomic mass is 10.1. The van der Waals surface area contributed by atoms with Gasteiger partial charge >= 0.3 is 0 Å². The highest BCUT2D eigenvalue weighted by atomic mass is 16.5. The van der Waals surface area contributed by atoms with Crippen molar-refractivity contribution in [1.29, 1.82) is 0 Å². The number of nitrogens with zero attached hydrogens (tertiary/aromatic N) is 2. The third-order valence-electron chi connectivity index (χ3n) is 4.68. The van der Waals surface area contributed by atoms with Gasteiger partial charge in [0.15, 0.2) is 0 Å². The molecule has 0 spiro atoms. The van der Waals surface area contributed by atoms with Gasteiger partial charge in [0, 0.05) is 19.6 Å². The van der Waals surface area contributed by atoms with Gasteiger partial charge in [-0.25, -0.2) is 0 Å². The second-order valence-corrected chi connectivity index (χ2v) is 6.81. The number of benzene rings is 2. The fourth-order valence-corrected chi connectivity index (χ4v) is 3.20. The van der Waals surface area contributed by atoms with Crippen molar-refractivity contribution in [2.75, 3.05) is 46.4 Å². The van der Waals surface area contributed by atoms with Gasteiger partial charge in [-0.05, 0) is 49.8 Å². The standard InChI is InChI=1S/C21H28N2O2/c1-22-12-5-13-23(15-14-22)16-20(24)17-25-21-10-8-19(9-11-21)18-6-3-2-4-7-18/h2-4,6-11,20,24H,5,12-17H2,1H3/t20-/m0/s1. The first-order valence-corrected chi connectivity index (χ1v) is 9.08. The second-order valence-electron chi connectivity index (χ2n) is 6.81. The highest BCUT2D eigenvalue weighted by Gasteiger charge is 2.16. The van der Waals surface area contributed by atoms with Gasteiger partial charge in [-0.15, -0.1) is 0 Å². The summed E-state index contributed by atoms with van der Waals surface area (Å²) in [5.74, 6) is 0.800. The molecule has 2 aromatic rings. The molecule has 1 saturated heterocycles. The van der Waals surface area contributed by atoms with Crippen molar-refractivity contribution in [1.82, 2.24) is 9.80 Å². The molecule has 0 amide bonds. The van der Waals surface area contributed by atoms with Gasteiger partial charge in [-0.1, -0.05) is 42.5 Å². The van der Waals surface area contributed by atoms with Crippen LogP contribution in [0.2, 0.25) is 0 Å². The topological polar surface area (TPSA) is 35.9 Å². The smallest absolute Gasteiger partial charge is 0.119 e. The summed E-state index contributed by atoms with van der Waals surface area (Å²) in [6.07, 6.45) is 0.697. The van der Waals surface area contributed by atoms with E-state index in [-0.39, 0.29) is 0 Å². The van der Waals surface area contributed by atoms with Gasteiger partial charge < -0.3 is 14.7 Å². The summed E-state index contributed by atoms with van der Waals surface area (Å²) >= 11 is 0. The number of aliphatic hydroxyl groups is 1. The largest absolute Gasteiger partial charge is 0.491 e. The fraction of sp³-hybridized carbons (Fsp3) is 0.429. The molecule has 25 heavy (non-hydrogen) atoms. The quantitative estimate of drug-likeness (QED) is 0.877. The Morgan fingerprint density at radius 3 is 2.40 bits per heavy atom. The molecule has 0 unspecified atom stereocenters. The van der Waals surface area contributed by atoms with Crippen LogP contribution in [0, 0.1) is 0 Å². The van der Waals surface area contributed by atoms with Crippen molar-refractivity contribution in [3.05, 3.63) is 54.6 Å². The van der Waals surface area contributed by atoms with E-state index in [9.17, 15) is 5.11 Å². The molecule has 1 aliphatic heterocycles. The van der Waals surface area contributed by atoms with Crippen molar-refractivity contribution in [2.45, 2.75) is 12.5 Å². The zero-order valence-corrected chi connectivity index (χ0v) is 15.0. The maximum atomic E-state index is 10.3. The van der Waals surface area contributed by atoms with Crippen molar-refractivity contribution < 1.29 is 9.84 Å². The van der Waals surface area contributed by atoms with Crippen LogP contribution < -0.4 is 4.74 Å². The van der Waals surface area contributed by atoms with E-state index in [4.69, 9.17) is 4.74 Å². The first-order valence-electron chi connectivity index (χ1n) is 9.08. The minimum Gasteiger partial charge on any atom is -0.491 e. The summed E-state index contributed by atoms with van der Waals surface area (Å²) in [4.78, 5) is 4.67. The van der Waals surface area contributed by atoms with E-state index in [1.807, 2.05) is 30.3 Å². The van der Waals surface area contributed by atoms with Crippen LogP contribution in [-0.2, 0) is 0 Å². The zero-order chi connectivity index (χ0) is 17.5. The molecule has 4 nitrogen and oxygen atoms in total. The van der Waals surface area contributed by atoms with Crippen LogP contribution in [-0.4, -0.2) is 67.4 Å². The van der Waals surface area contributed by atoms with E-state index >= 15 is 0 Å². The summed E-state index contributed by atoms with van der Waals surface area (Å²) in [6.45, 7) is 5.27. The maximum Gasteiger partial charge on any atom is 0.119 e. The van der Waals surface area contributed by atoms with Gasteiger partial charge in [0.25, 0.3) is 0 Å². The Kier molecular flexibility index (Phi) is 6.45. The van der Waals surface area contributed by atoms with E-state index in [0.29, 0.717) is 13.2 Å². The predicted octanol–water partition coefficient (Wildman–Crippen LogP) is 2.73. The SMILES string of the molecule is CN1CCCN(C[C@H](O)COc2ccc(-c3ccccc3)cc2)CC1. The fourth-order valence-electron chi connectivity index (χ4n) is 3.20. The van der Waals surface area contributed by atoms with Crippen molar-refractivity contribution in [3.63, 3.8) is 0 Å². The maximum absolute atomic E-state index is 10.3. The van der Waals surface area contributed by atoms with E-state index in [1.165, 1.54) is 11.1 Å². The van der Waals surface area contributed by atoms with Gasteiger partial charge in [-0.3, -0.25) is 4.90 Å². The normalized spacial score (nSPS) is 17.8. The third-order valence-corrected chi connectivity index (χ3v) is 4.68. The Morgan fingerprint density at radius 1 is 0.920 bits per heavy atom. The van der Waals surface area contributed by atoms with Crippen LogP contribution in [0.5, 0.6) is 5.75 Å². The van der Waals surface area contributed by atoms with Gasteiger partial charge in [0.1, 0.15) is 18.5 Å². The Morgan fingerprint density at radius 2 is 1.64 bits per heavy atom. The minimum absolute atomic E-state index is 0.330. The first kappa shape index (κ1) is 17.9. The van der Waals surface area contributed by atoms with Gasteiger partial charge in [0.05, 0.1) is 0 Å². The van der Waals surface area contributed by atoms with E-state index in [2.05, 4.69) is 41.1 Å². The molecule has 0 bridgehead atoms. The van der Waals surface area contributed by atoms with E-state index < -0.39 is 6.10 Å². The Labute approximate surface area is 150 Å². The molecule has 2 aromatic carbocycles. The summed E-state index contributed by atoms with van der Waals surface area (Å²) in [5.41, 5.74) is 2.36. The van der Waals surface area contributed by atoms with E-state index in [1.54, 1.807) is 0 Å². The zero-order valence-electron chi connectivity index (χ0n) is 15.0. The molecule has 0 radical (unpaired) electrons. The summed E-state index contributed by atoms with van der Waals surface area (Å²) in [5, 5.41) is 10.3.